The van der Waals surface area contributed by atoms with Crippen molar-refractivity contribution in [2.24, 2.45) is 5.92 Å². The Hall–Kier alpha value is 0. The van der Waals surface area contributed by atoms with Gasteiger partial charge in [-0.3, -0.25) is 0 Å². The fourth-order valence-electron chi connectivity index (χ4n) is 2.03. The van der Waals surface area contributed by atoms with E-state index in [0.29, 0.717) is 0 Å². The monoisotopic (exact) mass is 197 g/mol. The van der Waals surface area contributed by atoms with Gasteiger partial charge in [0.1, 0.15) is 0 Å². The second kappa shape index (κ2) is 9.55. The fourth-order valence-corrected chi connectivity index (χ4v) is 2.03. The Labute approximate surface area is 91.5 Å². The Morgan fingerprint density at radius 3 is 1.64 bits per heavy atom. The second-order valence-corrected chi connectivity index (χ2v) is 4.77. The van der Waals surface area contributed by atoms with Crippen LogP contribution in [-0.4, -0.2) is 0 Å². The van der Waals surface area contributed by atoms with E-state index in [1.54, 1.807) is 5.92 Å². The third-order valence-electron chi connectivity index (χ3n) is 3.13. The molecule has 0 heteroatoms. The summed E-state index contributed by atoms with van der Waals surface area (Å²) in [6.45, 7) is 8.97. The van der Waals surface area contributed by atoms with Crippen molar-refractivity contribution in [2.45, 2.75) is 79.1 Å². The van der Waals surface area contributed by atoms with Crippen molar-refractivity contribution >= 4 is 0 Å². The van der Waals surface area contributed by atoms with Crippen LogP contribution in [0.15, 0.2) is 0 Å². The molecule has 0 saturated heterocycles. The summed E-state index contributed by atoms with van der Waals surface area (Å²) in [5, 5.41) is 0. The molecule has 1 aliphatic carbocycles. The predicted molar refractivity (Wildman–Crippen MR) is 66.4 cm³/mol. The highest BCUT2D eigenvalue weighted by atomic mass is 14.2. The summed E-state index contributed by atoms with van der Waals surface area (Å²) in [4.78, 5) is 0. The van der Waals surface area contributed by atoms with Crippen LogP contribution in [0.5, 0.6) is 0 Å². The first-order chi connectivity index (χ1) is 6.72. The van der Waals surface area contributed by atoms with Gasteiger partial charge in [-0.1, -0.05) is 66.2 Å². The Morgan fingerprint density at radius 2 is 1.43 bits per heavy atom. The van der Waals surface area contributed by atoms with E-state index >= 15 is 0 Å². The Balaban J connectivity index is 0.000000292. The molecule has 1 fully saturated rings. The van der Waals surface area contributed by atoms with Crippen molar-refractivity contribution in [1.82, 2.24) is 0 Å². The van der Waals surface area contributed by atoms with E-state index in [1.807, 2.05) is 0 Å². The molecule has 0 aromatic heterocycles. The molecule has 0 heterocycles. The average molecular weight is 197 g/mol. The molecule has 0 nitrogen and oxygen atoms in total. The summed E-state index contributed by atoms with van der Waals surface area (Å²) >= 11 is 0. The van der Waals surface area contributed by atoms with E-state index < -0.39 is 0 Å². The summed E-state index contributed by atoms with van der Waals surface area (Å²) in [5.74, 6) is 2.62. The van der Waals surface area contributed by atoms with Crippen LogP contribution in [0.1, 0.15) is 79.1 Å². The Kier molecular flexibility index (Phi) is 9.55. The molecule has 1 saturated carbocycles. The molecular weight excluding hydrogens is 168 g/mol. The number of hydrogen-bond acceptors (Lipinski definition) is 0. The molecule has 0 aliphatic heterocycles. The molecule has 0 aromatic rings. The van der Waals surface area contributed by atoms with Crippen molar-refractivity contribution in [3.05, 3.63) is 5.92 Å². The third-order valence-corrected chi connectivity index (χ3v) is 3.13. The van der Waals surface area contributed by atoms with Crippen LogP contribution in [-0.2, 0) is 0 Å². The first-order valence-corrected chi connectivity index (χ1v) is 6.52. The predicted octanol–water partition coefficient (Wildman–Crippen LogP) is 5.38. The second-order valence-electron chi connectivity index (χ2n) is 4.77. The van der Waals surface area contributed by atoms with Crippen LogP contribution < -0.4 is 0 Å². The zero-order valence-electron chi connectivity index (χ0n) is 10.7. The lowest BCUT2D eigenvalue weighted by molar-refractivity contribution is 0.372. The van der Waals surface area contributed by atoms with Crippen LogP contribution in [0.25, 0.3) is 0 Å². The van der Waals surface area contributed by atoms with Gasteiger partial charge in [0.05, 0.1) is 0 Å². The van der Waals surface area contributed by atoms with Gasteiger partial charge in [-0.25, -0.2) is 0 Å². The minimum atomic E-state index is 0.971. The first-order valence-electron chi connectivity index (χ1n) is 6.52. The average Bonchev–Trinajstić information content (AvgIpc) is 2.21. The molecule has 0 spiro atoms. The maximum Gasteiger partial charge on any atom is -0.0272 e. The van der Waals surface area contributed by atoms with Gasteiger partial charge < -0.3 is 0 Å². The summed E-state index contributed by atoms with van der Waals surface area (Å²) in [6.07, 6.45) is 11.4. The molecule has 0 aromatic carbocycles. The van der Waals surface area contributed by atoms with Crippen LogP contribution in [0.3, 0.4) is 0 Å². The molecule has 1 aliphatic rings. The minimum absolute atomic E-state index is 0.971. The molecule has 0 atom stereocenters. The van der Waals surface area contributed by atoms with E-state index in [1.165, 1.54) is 51.4 Å². The van der Waals surface area contributed by atoms with Gasteiger partial charge in [0.25, 0.3) is 0 Å². The molecule has 85 valence electrons. The van der Waals surface area contributed by atoms with Crippen molar-refractivity contribution < 1.29 is 0 Å². The minimum Gasteiger partial charge on any atom is -0.0654 e. The first kappa shape index (κ1) is 14.0. The smallest absolute Gasteiger partial charge is 0.0272 e. The molecule has 14 heavy (non-hydrogen) atoms. The zero-order valence-corrected chi connectivity index (χ0v) is 10.7. The van der Waals surface area contributed by atoms with E-state index in [0.717, 1.165) is 5.92 Å². The van der Waals surface area contributed by atoms with Crippen molar-refractivity contribution in [1.29, 1.82) is 0 Å². The van der Waals surface area contributed by atoms with Crippen molar-refractivity contribution in [3.8, 4) is 0 Å². The fraction of sp³-hybridized carbons (Fsp3) is 0.929. The summed E-state index contributed by atoms with van der Waals surface area (Å²) in [5.41, 5.74) is 0. The van der Waals surface area contributed by atoms with Gasteiger partial charge in [0.2, 0.25) is 0 Å². The normalized spacial score (nSPS) is 17.8. The van der Waals surface area contributed by atoms with Gasteiger partial charge in [0.15, 0.2) is 0 Å². The topological polar surface area (TPSA) is 0 Å². The van der Waals surface area contributed by atoms with Crippen LogP contribution in [0.4, 0.5) is 0 Å². The van der Waals surface area contributed by atoms with Crippen LogP contribution >= 0.6 is 0 Å². The molecule has 0 unspecified atom stereocenters. The SMILES string of the molecule is CCCCC.C[C](C)C1CCCCC1. The van der Waals surface area contributed by atoms with Gasteiger partial charge in [0, 0.05) is 0 Å². The molecule has 1 rings (SSSR count). The van der Waals surface area contributed by atoms with E-state index in [2.05, 4.69) is 27.7 Å². The number of unbranched alkanes of at least 4 members (excludes halogenated alkanes) is 2. The summed E-state index contributed by atoms with van der Waals surface area (Å²) in [6, 6.07) is 0. The number of rotatable bonds is 3. The van der Waals surface area contributed by atoms with Crippen LogP contribution in [0.2, 0.25) is 0 Å². The van der Waals surface area contributed by atoms with Gasteiger partial charge >= 0.3 is 0 Å². The highest BCUT2D eigenvalue weighted by Gasteiger charge is 2.16. The van der Waals surface area contributed by atoms with E-state index in [9.17, 15) is 0 Å². The highest BCUT2D eigenvalue weighted by molar-refractivity contribution is 4.88. The lowest BCUT2D eigenvalue weighted by Gasteiger charge is -2.24. The van der Waals surface area contributed by atoms with Gasteiger partial charge in [-0.05, 0) is 24.7 Å². The third kappa shape index (κ3) is 7.41. The lowest BCUT2D eigenvalue weighted by atomic mass is 9.82. The maximum atomic E-state index is 2.27. The molecule has 1 radical (unpaired) electrons. The lowest BCUT2D eigenvalue weighted by Crippen LogP contribution is -2.10. The van der Waals surface area contributed by atoms with Crippen molar-refractivity contribution in [3.63, 3.8) is 0 Å². The molecule has 0 amide bonds. The molecule has 0 bridgehead atoms. The van der Waals surface area contributed by atoms with Crippen molar-refractivity contribution in [2.75, 3.05) is 0 Å². The van der Waals surface area contributed by atoms with Gasteiger partial charge in [-0.15, -0.1) is 0 Å². The quantitative estimate of drug-likeness (QED) is 0.570. The highest BCUT2D eigenvalue weighted by Crippen LogP contribution is 2.30. The summed E-state index contributed by atoms with van der Waals surface area (Å²) in [7, 11) is 0. The largest absolute Gasteiger partial charge is 0.0654 e. The Bertz CT molecular complexity index is 96.6. The van der Waals surface area contributed by atoms with Crippen LogP contribution in [0, 0.1) is 11.8 Å². The summed E-state index contributed by atoms with van der Waals surface area (Å²) < 4.78 is 0. The Morgan fingerprint density at radius 1 is 0.929 bits per heavy atom. The molecular formula is C14H29. The number of hydrogen-bond donors (Lipinski definition) is 0. The van der Waals surface area contributed by atoms with E-state index in [-0.39, 0.29) is 0 Å². The van der Waals surface area contributed by atoms with Gasteiger partial charge in [-0.2, -0.15) is 0 Å². The standard InChI is InChI=1S/C9H17.C5H12/c1-8(2)9-6-4-3-5-7-9;1-3-5-4-2/h9H,3-7H2,1-2H3;3-5H2,1-2H3. The maximum absolute atomic E-state index is 2.27. The van der Waals surface area contributed by atoms with E-state index in [4.69, 9.17) is 0 Å². The molecule has 0 N–H and O–H groups in total. The zero-order chi connectivity index (χ0) is 10.8.